The van der Waals surface area contributed by atoms with Crippen molar-refractivity contribution < 1.29 is 9.59 Å². The van der Waals surface area contributed by atoms with E-state index in [0.29, 0.717) is 13.0 Å². The lowest BCUT2D eigenvalue weighted by molar-refractivity contribution is -0.120. The van der Waals surface area contributed by atoms with Crippen molar-refractivity contribution in [2.75, 3.05) is 45.1 Å². The minimum absolute atomic E-state index is 0.00411. The highest BCUT2D eigenvalue weighted by Crippen LogP contribution is 2.11. The Morgan fingerprint density at radius 3 is 2.11 bits per heavy atom. The van der Waals surface area contributed by atoms with Crippen molar-refractivity contribution in [1.82, 2.24) is 15.1 Å². The van der Waals surface area contributed by atoms with Gasteiger partial charge >= 0.3 is 0 Å². The second-order valence-electron chi connectivity index (χ2n) is 7.13. The van der Waals surface area contributed by atoms with E-state index in [2.05, 4.69) is 44.7 Å². The largest absolute Gasteiger partial charge is 0.359 e. The number of nitrogens with zero attached hydrogens (tertiary/aromatic N) is 2. The van der Waals surface area contributed by atoms with E-state index < -0.39 is 0 Å². The summed E-state index contributed by atoms with van der Waals surface area (Å²) in [6.07, 6.45) is 0.345. The van der Waals surface area contributed by atoms with Crippen LogP contribution in [0.4, 0.5) is 5.69 Å². The van der Waals surface area contributed by atoms with Crippen LogP contribution in [0.3, 0.4) is 0 Å². The highest BCUT2D eigenvalue weighted by atomic mass is 16.2. The number of hydrogen-bond acceptors (Lipinski definition) is 4. The van der Waals surface area contributed by atoms with Crippen LogP contribution >= 0.6 is 0 Å². The van der Waals surface area contributed by atoms with E-state index in [4.69, 9.17) is 0 Å². The summed E-state index contributed by atoms with van der Waals surface area (Å²) in [7, 11) is 1.62. The van der Waals surface area contributed by atoms with Crippen molar-refractivity contribution in [2.24, 2.45) is 0 Å². The summed E-state index contributed by atoms with van der Waals surface area (Å²) in [5.74, 6) is -0.0289. The van der Waals surface area contributed by atoms with Crippen LogP contribution in [-0.2, 0) is 22.6 Å². The normalized spacial score (nSPS) is 15.2. The lowest BCUT2D eigenvalue weighted by atomic mass is 10.1. The predicted molar refractivity (Wildman–Crippen MR) is 111 cm³/mol. The molecule has 2 amide bonds. The number of piperazine rings is 1. The van der Waals surface area contributed by atoms with Crippen LogP contribution in [0.25, 0.3) is 0 Å². The molecule has 1 aliphatic heterocycles. The van der Waals surface area contributed by atoms with Gasteiger partial charge in [-0.05, 0) is 23.3 Å². The maximum Gasteiger partial charge on any atom is 0.238 e. The number of amides is 2. The Balaban J connectivity index is 1.40. The smallest absolute Gasteiger partial charge is 0.238 e. The standard InChI is InChI=1S/C22H28N4O2/c1-23-21(27)15-18-7-9-20(10-8-18)24-22(28)17-26-13-11-25(12-14-26)16-19-5-3-2-4-6-19/h2-10H,11-17H2,1H3,(H,23,27)(H,24,28). The molecule has 2 aromatic carbocycles. The minimum atomic E-state index is -0.0248. The Kier molecular flexibility index (Phi) is 7.17. The van der Waals surface area contributed by atoms with E-state index in [1.165, 1.54) is 5.56 Å². The van der Waals surface area contributed by atoms with Gasteiger partial charge in [-0.25, -0.2) is 0 Å². The van der Waals surface area contributed by atoms with Crippen LogP contribution in [0, 0.1) is 0 Å². The van der Waals surface area contributed by atoms with Crippen LogP contribution in [0.1, 0.15) is 11.1 Å². The molecule has 2 aromatic rings. The quantitative estimate of drug-likeness (QED) is 0.768. The summed E-state index contributed by atoms with van der Waals surface area (Å²) in [5.41, 5.74) is 3.01. The Morgan fingerprint density at radius 2 is 1.46 bits per heavy atom. The van der Waals surface area contributed by atoms with Crippen molar-refractivity contribution >= 4 is 17.5 Å². The summed E-state index contributed by atoms with van der Waals surface area (Å²) in [4.78, 5) is 28.3. The van der Waals surface area contributed by atoms with Gasteiger partial charge < -0.3 is 10.6 Å². The average Bonchev–Trinajstić information content (AvgIpc) is 2.71. The van der Waals surface area contributed by atoms with Gasteiger partial charge in [-0.15, -0.1) is 0 Å². The highest BCUT2D eigenvalue weighted by Gasteiger charge is 2.19. The Hall–Kier alpha value is -2.70. The number of nitrogens with one attached hydrogen (secondary N) is 2. The van der Waals surface area contributed by atoms with Crippen molar-refractivity contribution in [3.8, 4) is 0 Å². The molecule has 2 N–H and O–H groups in total. The molecular formula is C22H28N4O2. The number of hydrogen-bond donors (Lipinski definition) is 2. The SMILES string of the molecule is CNC(=O)Cc1ccc(NC(=O)CN2CCN(Cc3ccccc3)CC2)cc1. The Labute approximate surface area is 166 Å². The minimum Gasteiger partial charge on any atom is -0.359 e. The second-order valence-corrected chi connectivity index (χ2v) is 7.13. The van der Waals surface area contributed by atoms with Crippen LogP contribution in [0.5, 0.6) is 0 Å². The number of anilines is 1. The summed E-state index contributed by atoms with van der Waals surface area (Å²) < 4.78 is 0. The molecular weight excluding hydrogens is 352 g/mol. The van der Waals surface area contributed by atoms with E-state index in [1.807, 2.05) is 30.3 Å². The lowest BCUT2D eigenvalue weighted by Crippen LogP contribution is -2.48. The molecule has 0 spiro atoms. The third kappa shape index (κ3) is 6.18. The van der Waals surface area contributed by atoms with Crippen molar-refractivity contribution in [3.05, 3.63) is 65.7 Å². The zero-order valence-corrected chi connectivity index (χ0v) is 16.4. The molecule has 0 radical (unpaired) electrons. The van der Waals surface area contributed by atoms with Gasteiger partial charge in [-0.2, -0.15) is 0 Å². The van der Waals surface area contributed by atoms with Crippen molar-refractivity contribution in [1.29, 1.82) is 0 Å². The molecule has 0 aromatic heterocycles. The van der Waals surface area contributed by atoms with Crippen molar-refractivity contribution in [2.45, 2.75) is 13.0 Å². The second kappa shape index (κ2) is 10.0. The number of likely N-dealkylation sites (N-methyl/N-ethyl adjacent to an activating group) is 1. The van der Waals surface area contributed by atoms with E-state index in [0.717, 1.165) is 44.0 Å². The zero-order valence-electron chi connectivity index (χ0n) is 16.4. The Bertz CT molecular complexity index is 769. The number of carbonyl (C=O) groups is 2. The molecule has 28 heavy (non-hydrogen) atoms. The molecule has 0 bridgehead atoms. The molecule has 6 heteroatoms. The zero-order chi connectivity index (χ0) is 19.8. The topological polar surface area (TPSA) is 64.7 Å². The first kappa shape index (κ1) is 20.0. The van der Waals surface area contributed by atoms with Gasteiger partial charge in [0.2, 0.25) is 11.8 Å². The summed E-state index contributed by atoms with van der Waals surface area (Å²) in [5, 5.41) is 5.54. The van der Waals surface area contributed by atoms with E-state index in [9.17, 15) is 9.59 Å². The van der Waals surface area contributed by atoms with Gasteiger partial charge in [0.05, 0.1) is 13.0 Å². The summed E-state index contributed by atoms with van der Waals surface area (Å²) in [6, 6.07) is 17.9. The molecule has 3 rings (SSSR count). The van der Waals surface area contributed by atoms with E-state index >= 15 is 0 Å². The molecule has 0 unspecified atom stereocenters. The van der Waals surface area contributed by atoms with Gasteiger partial charge in [0, 0.05) is 45.5 Å². The van der Waals surface area contributed by atoms with E-state index in [-0.39, 0.29) is 11.8 Å². The maximum atomic E-state index is 12.3. The van der Waals surface area contributed by atoms with Crippen LogP contribution in [0.2, 0.25) is 0 Å². The third-order valence-corrected chi connectivity index (χ3v) is 4.96. The van der Waals surface area contributed by atoms with Gasteiger partial charge in [0.25, 0.3) is 0 Å². The fourth-order valence-corrected chi connectivity index (χ4v) is 3.33. The van der Waals surface area contributed by atoms with Crippen LogP contribution in [0.15, 0.2) is 54.6 Å². The predicted octanol–water partition coefficient (Wildman–Crippen LogP) is 1.73. The monoisotopic (exact) mass is 380 g/mol. The summed E-state index contributed by atoms with van der Waals surface area (Å²) in [6.45, 7) is 5.09. The molecule has 0 aliphatic carbocycles. The van der Waals surface area contributed by atoms with Crippen molar-refractivity contribution in [3.63, 3.8) is 0 Å². The van der Waals surface area contributed by atoms with Crippen LogP contribution in [-0.4, -0.2) is 61.4 Å². The first-order valence-corrected chi connectivity index (χ1v) is 9.70. The van der Waals surface area contributed by atoms with Crippen LogP contribution < -0.4 is 10.6 Å². The molecule has 1 saturated heterocycles. The molecule has 0 saturated carbocycles. The fourth-order valence-electron chi connectivity index (χ4n) is 3.33. The fraction of sp³-hybridized carbons (Fsp3) is 0.364. The lowest BCUT2D eigenvalue weighted by Gasteiger charge is -2.34. The summed E-state index contributed by atoms with van der Waals surface area (Å²) >= 11 is 0. The first-order chi connectivity index (χ1) is 13.6. The van der Waals surface area contributed by atoms with E-state index in [1.54, 1.807) is 7.05 Å². The number of benzene rings is 2. The molecule has 6 nitrogen and oxygen atoms in total. The van der Waals surface area contributed by atoms with Gasteiger partial charge in [-0.3, -0.25) is 19.4 Å². The number of carbonyl (C=O) groups excluding carboxylic acids is 2. The maximum absolute atomic E-state index is 12.3. The molecule has 0 atom stereocenters. The van der Waals surface area contributed by atoms with Gasteiger partial charge in [-0.1, -0.05) is 42.5 Å². The van der Waals surface area contributed by atoms with Gasteiger partial charge in [0.1, 0.15) is 0 Å². The number of rotatable bonds is 7. The Morgan fingerprint density at radius 1 is 0.821 bits per heavy atom. The molecule has 1 fully saturated rings. The highest BCUT2D eigenvalue weighted by molar-refractivity contribution is 5.92. The average molecular weight is 380 g/mol. The first-order valence-electron chi connectivity index (χ1n) is 9.70. The molecule has 148 valence electrons. The van der Waals surface area contributed by atoms with Gasteiger partial charge in [0.15, 0.2) is 0 Å². The molecule has 1 aliphatic rings. The third-order valence-electron chi connectivity index (χ3n) is 4.96. The molecule has 1 heterocycles.